The van der Waals surface area contributed by atoms with Crippen molar-refractivity contribution in [3.8, 4) is 0 Å². The summed E-state index contributed by atoms with van der Waals surface area (Å²) in [6.45, 7) is 4.46. The van der Waals surface area contributed by atoms with Crippen LogP contribution in [-0.4, -0.2) is 15.6 Å². The summed E-state index contributed by atoms with van der Waals surface area (Å²) in [6, 6.07) is 0. The van der Waals surface area contributed by atoms with Crippen LogP contribution in [0.2, 0.25) is 5.54 Å². The Morgan fingerprint density at radius 2 is 1.43 bits per heavy atom. The summed E-state index contributed by atoms with van der Waals surface area (Å²) in [7, 11) is 1.35. The second-order valence-electron chi connectivity index (χ2n) is 1.83. The van der Waals surface area contributed by atoms with E-state index in [4.69, 9.17) is 23.2 Å². The van der Waals surface area contributed by atoms with Gasteiger partial charge >= 0.3 is 0 Å². The van der Waals surface area contributed by atoms with E-state index >= 15 is 0 Å². The largest absolute Gasteiger partial charge is 0.109 e. The fourth-order valence-electron chi connectivity index (χ4n) is 0. The van der Waals surface area contributed by atoms with E-state index in [1.165, 1.54) is 10.2 Å². The first kappa shape index (κ1) is 10.7. The van der Waals surface area contributed by atoms with E-state index in [2.05, 4.69) is 13.8 Å². The number of alkyl halides is 2. The minimum atomic E-state index is 0.194. The quantitative estimate of drug-likeness (QED) is 0.372. The zero-order valence-electron chi connectivity index (χ0n) is 5.04. The highest BCUT2D eigenvalue weighted by Gasteiger charge is 1.68. The van der Waals surface area contributed by atoms with Crippen molar-refractivity contribution in [2.24, 2.45) is 0 Å². The molecule has 0 amide bonds. The van der Waals surface area contributed by atoms with Crippen molar-refractivity contribution in [1.82, 2.24) is 0 Å². The van der Waals surface area contributed by atoms with Gasteiger partial charge in [-0.05, 0) is 0 Å². The van der Waals surface area contributed by atoms with Gasteiger partial charge in [0.15, 0.2) is 0 Å². The number of hydrogen-bond donors (Lipinski definition) is 0. The molecule has 0 bridgehead atoms. The van der Waals surface area contributed by atoms with Crippen LogP contribution in [0.3, 0.4) is 0 Å². The van der Waals surface area contributed by atoms with Gasteiger partial charge in [-0.2, -0.15) is 0 Å². The van der Waals surface area contributed by atoms with Crippen LogP contribution < -0.4 is 0 Å². The number of rotatable bonds is 0. The van der Waals surface area contributed by atoms with Gasteiger partial charge in [-0.25, -0.2) is 0 Å². The smallest absolute Gasteiger partial charge is 0.0967 e. The average Bonchev–Trinajstić information content (AvgIpc) is 1.33. The van der Waals surface area contributed by atoms with Gasteiger partial charge in [0.1, 0.15) is 0 Å². The summed E-state index contributed by atoms with van der Waals surface area (Å²) < 4.78 is 0. The molecule has 0 aromatic carbocycles. The molecule has 0 atom stereocenters. The predicted molar refractivity (Wildman–Crippen MR) is 41.6 cm³/mol. The zero-order valence-corrected chi connectivity index (χ0v) is 8.55. The van der Waals surface area contributed by atoms with Gasteiger partial charge in [0.05, 0.1) is 5.34 Å². The molecule has 0 N–H and O–H groups in total. The molecular formula is C4H12Cl2Si. The molecule has 0 unspecified atom stereocenters. The van der Waals surface area contributed by atoms with Crippen LogP contribution in [0.4, 0.5) is 0 Å². The highest BCUT2D eigenvalue weighted by Crippen LogP contribution is 1.84. The maximum atomic E-state index is 4.76. The molecule has 0 saturated carbocycles. The first-order valence-corrected chi connectivity index (χ1v) is 4.49. The first-order chi connectivity index (χ1) is 3.15. The molecule has 0 spiro atoms. The monoisotopic (exact) mass is 158 g/mol. The topological polar surface area (TPSA) is 0 Å². The molecule has 0 rings (SSSR count). The molecule has 0 aromatic rings. The maximum Gasteiger partial charge on any atom is 0.0967 e. The third kappa shape index (κ3) is 246. The predicted octanol–water partition coefficient (Wildman–Crippen LogP) is 1.60. The standard InChI is InChI=1S/C3H10Si.CH2Cl2/c1-3(2)4;2-1-3/h3H,1-2,4H3;1H2. The zero-order chi connectivity index (χ0) is 6.28. The van der Waals surface area contributed by atoms with Crippen molar-refractivity contribution in [3.63, 3.8) is 0 Å². The Balaban J connectivity index is 0. The summed E-state index contributed by atoms with van der Waals surface area (Å²) in [4.78, 5) is 0. The molecule has 0 aliphatic carbocycles. The van der Waals surface area contributed by atoms with Crippen molar-refractivity contribution in [1.29, 1.82) is 0 Å². The Labute approximate surface area is 58.6 Å². The van der Waals surface area contributed by atoms with Crippen LogP contribution in [0, 0.1) is 0 Å². The van der Waals surface area contributed by atoms with Crippen LogP contribution in [-0.2, 0) is 0 Å². The Bertz CT molecular complexity index is 20.9. The summed E-state index contributed by atoms with van der Waals surface area (Å²) in [5.41, 5.74) is 0.972. The molecule has 0 heterocycles. The lowest BCUT2D eigenvalue weighted by molar-refractivity contribution is 1.08. The van der Waals surface area contributed by atoms with E-state index in [0.717, 1.165) is 5.54 Å². The second-order valence-corrected chi connectivity index (χ2v) is 4.95. The first-order valence-electron chi connectivity index (χ1n) is 2.27. The van der Waals surface area contributed by atoms with Crippen LogP contribution in [0.1, 0.15) is 13.8 Å². The van der Waals surface area contributed by atoms with Crippen molar-refractivity contribution >= 4 is 33.4 Å². The molecule has 0 aromatic heterocycles. The van der Waals surface area contributed by atoms with E-state index in [9.17, 15) is 0 Å². The van der Waals surface area contributed by atoms with Gasteiger partial charge in [-0.15, -0.1) is 23.2 Å². The molecule has 0 aliphatic rings. The Morgan fingerprint density at radius 1 is 1.43 bits per heavy atom. The molecule has 0 nitrogen and oxygen atoms in total. The highest BCUT2D eigenvalue weighted by molar-refractivity contribution is 6.40. The van der Waals surface area contributed by atoms with Gasteiger partial charge in [0.2, 0.25) is 0 Å². The van der Waals surface area contributed by atoms with E-state index < -0.39 is 0 Å². The van der Waals surface area contributed by atoms with Gasteiger partial charge in [0.25, 0.3) is 0 Å². The molecular weight excluding hydrogens is 147 g/mol. The van der Waals surface area contributed by atoms with E-state index in [1.54, 1.807) is 0 Å². The summed E-state index contributed by atoms with van der Waals surface area (Å²) in [5.74, 6) is 0. The Kier molecular flexibility index (Phi) is 15.2. The lowest BCUT2D eigenvalue weighted by Gasteiger charge is -1.78. The third-order valence-electron chi connectivity index (χ3n) is 0. The highest BCUT2D eigenvalue weighted by atomic mass is 35.5. The number of hydrogen-bond acceptors (Lipinski definition) is 0. The van der Waals surface area contributed by atoms with Gasteiger partial charge in [-0.3, -0.25) is 0 Å². The van der Waals surface area contributed by atoms with Gasteiger partial charge in [0, 0.05) is 10.2 Å². The van der Waals surface area contributed by atoms with Crippen LogP contribution in [0.25, 0.3) is 0 Å². The summed E-state index contributed by atoms with van der Waals surface area (Å²) >= 11 is 9.53. The molecule has 7 heavy (non-hydrogen) atoms. The lowest BCUT2D eigenvalue weighted by atomic mass is 10.6. The molecule has 0 saturated heterocycles. The van der Waals surface area contributed by atoms with Gasteiger partial charge < -0.3 is 0 Å². The minimum absolute atomic E-state index is 0.194. The Hall–Kier alpha value is 0.797. The van der Waals surface area contributed by atoms with Crippen molar-refractivity contribution in [2.45, 2.75) is 19.4 Å². The normalized spacial score (nSPS) is 8.14. The third-order valence-corrected chi connectivity index (χ3v) is 0. The van der Waals surface area contributed by atoms with Crippen LogP contribution in [0.5, 0.6) is 0 Å². The lowest BCUT2D eigenvalue weighted by Crippen LogP contribution is -1.67. The summed E-state index contributed by atoms with van der Waals surface area (Å²) in [6.07, 6.45) is 0. The van der Waals surface area contributed by atoms with Gasteiger partial charge in [-0.1, -0.05) is 19.4 Å². The summed E-state index contributed by atoms with van der Waals surface area (Å²) in [5, 5.41) is 0.194. The van der Waals surface area contributed by atoms with E-state index in [0.29, 0.717) is 0 Å². The fraction of sp³-hybridized carbons (Fsp3) is 1.00. The molecule has 3 heteroatoms. The molecule has 0 radical (unpaired) electrons. The van der Waals surface area contributed by atoms with Crippen molar-refractivity contribution in [2.75, 3.05) is 5.34 Å². The second kappa shape index (κ2) is 9.93. The number of halogens is 2. The van der Waals surface area contributed by atoms with Crippen molar-refractivity contribution < 1.29 is 0 Å². The van der Waals surface area contributed by atoms with Crippen molar-refractivity contribution in [3.05, 3.63) is 0 Å². The minimum Gasteiger partial charge on any atom is -0.109 e. The SMILES string of the molecule is CC(C)[SiH3].ClCCl. The maximum absolute atomic E-state index is 4.76. The Morgan fingerprint density at radius 3 is 1.43 bits per heavy atom. The van der Waals surface area contributed by atoms with E-state index in [1.807, 2.05) is 0 Å². The average molecular weight is 159 g/mol. The van der Waals surface area contributed by atoms with Crippen LogP contribution >= 0.6 is 23.2 Å². The fourth-order valence-corrected chi connectivity index (χ4v) is 0. The molecule has 0 aliphatic heterocycles. The molecule has 46 valence electrons. The van der Waals surface area contributed by atoms with Crippen LogP contribution in [0.15, 0.2) is 0 Å². The molecule has 0 fully saturated rings. The van der Waals surface area contributed by atoms with E-state index in [-0.39, 0.29) is 5.34 Å².